The maximum Gasteiger partial charge on any atom is 0.387 e. The number of nitrogens with zero attached hydrogens (tertiary/aromatic N) is 3. The molecule has 3 aromatic rings. The second kappa shape index (κ2) is 9.28. The third kappa shape index (κ3) is 4.85. The molecule has 5 nitrogen and oxygen atoms in total. The van der Waals surface area contributed by atoms with E-state index in [1.54, 1.807) is 27.2 Å². The van der Waals surface area contributed by atoms with Gasteiger partial charge in [-0.15, -0.1) is 0 Å². The van der Waals surface area contributed by atoms with Gasteiger partial charge in [0.05, 0.1) is 18.2 Å². The molecule has 0 radical (unpaired) electrons. The second-order valence-electron chi connectivity index (χ2n) is 7.12. The molecule has 1 aliphatic rings. The average molecular weight is 464 g/mol. The van der Waals surface area contributed by atoms with Crippen LogP contribution in [0.2, 0.25) is 5.02 Å². The van der Waals surface area contributed by atoms with Crippen molar-refractivity contribution in [2.45, 2.75) is 43.9 Å². The van der Waals surface area contributed by atoms with Crippen LogP contribution in [-0.4, -0.2) is 26.6 Å². The lowest BCUT2D eigenvalue weighted by Gasteiger charge is -2.23. The molecular weight excluding hydrogens is 444 g/mol. The highest BCUT2D eigenvalue weighted by Gasteiger charge is 2.32. The Labute approximate surface area is 188 Å². The minimum Gasteiger partial charge on any atom is -0.435 e. The Balaban J connectivity index is 1.41. The van der Waals surface area contributed by atoms with Crippen LogP contribution in [0.3, 0.4) is 0 Å². The van der Waals surface area contributed by atoms with Gasteiger partial charge >= 0.3 is 6.61 Å². The zero-order valence-electron chi connectivity index (χ0n) is 16.7. The van der Waals surface area contributed by atoms with Gasteiger partial charge in [-0.1, -0.05) is 36.7 Å². The highest BCUT2D eigenvalue weighted by molar-refractivity contribution is 7.97. The number of benzene rings is 2. The highest BCUT2D eigenvalue weighted by Crippen LogP contribution is 2.33. The van der Waals surface area contributed by atoms with Crippen LogP contribution in [0.1, 0.15) is 36.1 Å². The smallest absolute Gasteiger partial charge is 0.387 e. The van der Waals surface area contributed by atoms with Gasteiger partial charge in [-0.2, -0.15) is 13.9 Å². The molecule has 1 aromatic heterocycles. The van der Waals surface area contributed by atoms with Crippen LogP contribution < -0.4 is 4.74 Å². The number of ether oxygens (including phenoxy) is 1. The van der Waals surface area contributed by atoms with E-state index in [2.05, 4.69) is 9.84 Å². The maximum atomic E-state index is 13.1. The monoisotopic (exact) mass is 463 g/mol. The first-order chi connectivity index (χ1) is 14.9. The fourth-order valence-electron chi connectivity index (χ4n) is 3.63. The van der Waals surface area contributed by atoms with Crippen LogP contribution in [0.25, 0.3) is 0 Å². The summed E-state index contributed by atoms with van der Waals surface area (Å²) in [5.41, 5.74) is 2.70. The molecule has 4 rings (SSSR count). The summed E-state index contributed by atoms with van der Waals surface area (Å²) in [5, 5.41) is 5.18. The normalized spacial score (nSPS) is 14.0. The van der Waals surface area contributed by atoms with E-state index in [0.717, 1.165) is 21.7 Å². The Hall–Kier alpha value is -2.58. The van der Waals surface area contributed by atoms with E-state index in [4.69, 9.17) is 11.6 Å². The minimum absolute atomic E-state index is 0.0439. The molecule has 2 heterocycles. The SMILES string of the molecule is CCC(C(=O)N1Cc2cn(Sc3ccc(OC(F)F)cc3)nc2C1)c1ccccc1Cl. The third-order valence-electron chi connectivity index (χ3n) is 5.10. The van der Waals surface area contributed by atoms with Crippen LogP contribution in [0.4, 0.5) is 8.78 Å². The second-order valence-corrected chi connectivity index (χ2v) is 8.56. The van der Waals surface area contributed by atoms with Crippen molar-refractivity contribution in [2.24, 2.45) is 0 Å². The Bertz CT molecular complexity index is 1050. The predicted molar refractivity (Wildman–Crippen MR) is 115 cm³/mol. The first-order valence-corrected chi connectivity index (χ1v) is 10.9. The molecule has 0 aliphatic carbocycles. The van der Waals surface area contributed by atoms with Crippen LogP contribution >= 0.6 is 23.5 Å². The standard InChI is InChI=1S/C22H20ClF2N3O2S/c1-2-17(18-5-3-4-6-19(18)23)21(29)27-11-14-12-28(26-20(14)13-27)31-16-9-7-15(8-10-16)30-22(24)25/h3-10,12,17,22H,2,11,13H2,1H3. The van der Waals surface area contributed by atoms with Crippen LogP contribution in [-0.2, 0) is 17.9 Å². The van der Waals surface area contributed by atoms with Crippen molar-refractivity contribution in [1.82, 2.24) is 14.1 Å². The molecular formula is C22H20ClF2N3O2S. The molecule has 0 fully saturated rings. The van der Waals surface area contributed by atoms with Gasteiger partial charge in [-0.3, -0.25) is 4.79 Å². The number of fused-ring (bicyclic) bond motifs is 1. The van der Waals surface area contributed by atoms with Gasteiger partial charge in [-0.05, 0) is 42.3 Å². The van der Waals surface area contributed by atoms with E-state index in [-0.39, 0.29) is 17.6 Å². The van der Waals surface area contributed by atoms with E-state index in [0.29, 0.717) is 24.5 Å². The molecule has 2 aromatic carbocycles. The third-order valence-corrected chi connectivity index (χ3v) is 6.31. The molecule has 1 aliphatic heterocycles. The summed E-state index contributed by atoms with van der Waals surface area (Å²) in [6.07, 6.45) is 2.56. The molecule has 0 N–H and O–H groups in total. The van der Waals surface area contributed by atoms with E-state index in [1.165, 1.54) is 24.1 Å². The average Bonchev–Trinajstić information content (AvgIpc) is 3.29. The van der Waals surface area contributed by atoms with Crippen molar-refractivity contribution < 1.29 is 18.3 Å². The van der Waals surface area contributed by atoms with Crippen molar-refractivity contribution >= 4 is 29.5 Å². The van der Waals surface area contributed by atoms with Crippen molar-refractivity contribution in [1.29, 1.82) is 0 Å². The van der Waals surface area contributed by atoms with Gasteiger partial charge < -0.3 is 9.64 Å². The number of hydrogen-bond acceptors (Lipinski definition) is 4. The van der Waals surface area contributed by atoms with Gasteiger partial charge in [0.1, 0.15) is 5.75 Å². The number of carbonyl (C=O) groups is 1. The summed E-state index contributed by atoms with van der Waals surface area (Å²) in [4.78, 5) is 15.8. The summed E-state index contributed by atoms with van der Waals surface area (Å²) in [5.74, 6) is -0.129. The molecule has 9 heteroatoms. The molecule has 0 saturated carbocycles. The van der Waals surface area contributed by atoms with Gasteiger partial charge in [0.15, 0.2) is 0 Å². The fourth-order valence-corrected chi connectivity index (χ4v) is 4.69. The Kier molecular flexibility index (Phi) is 6.48. The molecule has 0 bridgehead atoms. The number of rotatable bonds is 7. The molecule has 31 heavy (non-hydrogen) atoms. The fraction of sp³-hybridized carbons (Fsp3) is 0.273. The van der Waals surface area contributed by atoms with E-state index in [9.17, 15) is 13.6 Å². The van der Waals surface area contributed by atoms with Crippen LogP contribution in [0, 0.1) is 0 Å². The van der Waals surface area contributed by atoms with E-state index < -0.39 is 6.61 Å². The lowest BCUT2D eigenvalue weighted by Crippen LogP contribution is -2.31. The molecule has 0 saturated heterocycles. The first kappa shape index (κ1) is 21.6. The van der Waals surface area contributed by atoms with Crippen molar-refractivity contribution in [3.63, 3.8) is 0 Å². The summed E-state index contributed by atoms with van der Waals surface area (Å²) in [6, 6.07) is 13.8. The Morgan fingerprint density at radius 3 is 2.58 bits per heavy atom. The number of aromatic nitrogens is 2. The maximum absolute atomic E-state index is 13.1. The Morgan fingerprint density at radius 1 is 1.19 bits per heavy atom. The van der Waals surface area contributed by atoms with Crippen LogP contribution in [0.5, 0.6) is 5.75 Å². The first-order valence-electron chi connectivity index (χ1n) is 9.78. The van der Waals surface area contributed by atoms with Gasteiger partial charge in [0.25, 0.3) is 0 Å². The predicted octanol–water partition coefficient (Wildman–Crippen LogP) is 5.73. The molecule has 1 atom stereocenters. The lowest BCUT2D eigenvalue weighted by atomic mass is 9.95. The zero-order chi connectivity index (χ0) is 22.0. The zero-order valence-corrected chi connectivity index (χ0v) is 18.2. The van der Waals surface area contributed by atoms with E-state index >= 15 is 0 Å². The number of amides is 1. The van der Waals surface area contributed by atoms with Crippen molar-refractivity contribution in [3.05, 3.63) is 76.6 Å². The summed E-state index contributed by atoms with van der Waals surface area (Å²) in [6.45, 7) is 0.0828. The van der Waals surface area contributed by atoms with Gasteiger partial charge in [-0.25, -0.2) is 4.09 Å². The van der Waals surface area contributed by atoms with Gasteiger partial charge in [0.2, 0.25) is 5.91 Å². The topological polar surface area (TPSA) is 47.4 Å². The number of hydrogen-bond donors (Lipinski definition) is 0. The molecule has 1 unspecified atom stereocenters. The van der Waals surface area contributed by atoms with Crippen molar-refractivity contribution in [3.8, 4) is 5.75 Å². The molecule has 1 amide bonds. The lowest BCUT2D eigenvalue weighted by molar-refractivity contribution is -0.133. The van der Waals surface area contributed by atoms with Gasteiger partial charge in [0, 0.05) is 40.2 Å². The van der Waals surface area contributed by atoms with Crippen LogP contribution in [0.15, 0.2) is 59.6 Å². The number of halogens is 3. The minimum atomic E-state index is -2.84. The van der Waals surface area contributed by atoms with Crippen molar-refractivity contribution in [2.75, 3.05) is 0 Å². The highest BCUT2D eigenvalue weighted by atomic mass is 35.5. The molecule has 0 spiro atoms. The summed E-state index contributed by atoms with van der Waals surface area (Å²) < 4.78 is 30.6. The summed E-state index contributed by atoms with van der Waals surface area (Å²) >= 11 is 7.67. The largest absolute Gasteiger partial charge is 0.435 e. The number of carbonyl (C=O) groups excluding carboxylic acids is 1. The number of alkyl halides is 2. The quantitative estimate of drug-likeness (QED) is 0.449. The molecule has 162 valence electrons. The summed E-state index contributed by atoms with van der Waals surface area (Å²) in [7, 11) is 0. The Morgan fingerprint density at radius 2 is 1.94 bits per heavy atom. The van der Waals surface area contributed by atoms with E-state index in [1.807, 2.05) is 31.3 Å².